The summed E-state index contributed by atoms with van der Waals surface area (Å²) in [6, 6.07) is 5.42. The van der Waals surface area contributed by atoms with Crippen LogP contribution in [0, 0.1) is 10.1 Å². The van der Waals surface area contributed by atoms with Gasteiger partial charge in [0.25, 0.3) is 5.69 Å². The average molecular weight is 327 g/mol. The van der Waals surface area contributed by atoms with Crippen LogP contribution in [0.2, 0.25) is 0 Å². The molecule has 2 rings (SSSR count). The third-order valence-electron chi connectivity index (χ3n) is 3.62. The molecule has 1 fully saturated rings. The summed E-state index contributed by atoms with van der Waals surface area (Å²) < 4.78 is 0.867. The molecule has 0 radical (unpaired) electrons. The summed E-state index contributed by atoms with van der Waals surface area (Å²) >= 11 is 3.38. The summed E-state index contributed by atoms with van der Waals surface area (Å²) in [5, 5.41) is 14.4. The second-order valence-electron chi connectivity index (χ2n) is 5.10. The number of hydrogen-bond donors (Lipinski definition) is 1. The van der Waals surface area contributed by atoms with Crippen molar-refractivity contribution < 1.29 is 4.92 Å². The van der Waals surface area contributed by atoms with Gasteiger partial charge in [0.15, 0.2) is 0 Å². The molecule has 1 N–H and O–H groups in total. The smallest absolute Gasteiger partial charge is 0.292 e. The van der Waals surface area contributed by atoms with E-state index < -0.39 is 0 Å². The van der Waals surface area contributed by atoms with Crippen molar-refractivity contribution >= 4 is 27.3 Å². The molecular formula is C14H19BrN2O2. The number of rotatable bonds is 3. The van der Waals surface area contributed by atoms with Crippen LogP contribution in [0.3, 0.4) is 0 Å². The Bertz CT molecular complexity index is 443. The quantitative estimate of drug-likeness (QED) is 0.636. The maximum atomic E-state index is 11.0. The molecule has 0 bridgehead atoms. The highest BCUT2D eigenvalue weighted by Crippen LogP contribution is 2.30. The molecule has 5 heteroatoms. The molecule has 1 aromatic carbocycles. The van der Waals surface area contributed by atoms with Crippen LogP contribution >= 0.6 is 15.9 Å². The minimum Gasteiger partial charge on any atom is -0.377 e. The molecule has 1 saturated carbocycles. The third-order valence-corrected chi connectivity index (χ3v) is 4.11. The Morgan fingerprint density at radius 2 is 1.79 bits per heavy atom. The maximum absolute atomic E-state index is 11.0. The van der Waals surface area contributed by atoms with Crippen LogP contribution in [0.5, 0.6) is 0 Å². The number of nitro groups is 1. The number of nitrogens with zero attached hydrogens (tertiary/aromatic N) is 1. The van der Waals surface area contributed by atoms with Crippen molar-refractivity contribution in [1.82, 2.24) is 0 Å². The summed E-state index contributed by atoms with van der Waals surface area (Å²) in [4.78, 5) is 10.7. The Kier molecular flexibility index (Phi) is 5.19. The van der Waals surface area contributed by atoms with Crippen LogP contribution in [-0.4, -0.2) is 11.0 Å². The van der Waals surface area contributed by atoms with E-state index in [1.807, 2.05) is 0 Å². The first-order valence-corrected chi connectivity index (χ1v) is 7.66. The first-order valence-electron chi connectivity index (χ1n) is 6.87. The summed E-state index contributed by atoms with van der Waals surface area (Å²) in [5.74, 6) is 0. The fraction of sp³-hybridized carbons (Fsp3) is 0.571. The number of hydrogen-bond acceptors (Lipinski definition) is 3. The predicted molar refractivity (Wildman–Crippen MR) is 80.5 cm³/mol. The standard InChI is InChI=1S/C14H19BrN2O2/c15-11-8-9-14(17(18)19)13(10-11)16-12-6-4-2-1-3-5-7-12/h8-10,12,16H,1-7H2. The molecule has 0 amide bonds. The molecule has 0 atom stereocenters. The molecule has 0 spiro atoms. The summed E-state index contributed by atoms with van der Waals surface area (Å²) in [6.07, 6.45) is 8.49. The zero-order valence-corrected chi connectivity index (χ0v) is 12.5. The minimum absolute atomic E-state index is 0.158. The van der Waals surface area contributed by atoms with Gasteiger partial charge in [0.05, 0.1) is 4.92 Å². The fourth-order valence-corrected chi connectivity index (χ4v) is 2.96. The number of halogens is 1. The molecule has 4 nitrogen and oxygen atoms in total. The van der Waals surface area contributed by atoms with Gasteiger partial charge in [-0.05, 0) is 25.0 Å². The molecule has 0 unspecified atom stereocenters. The van der Waals surface area contributed by atoms with Crippen LogP contribution in [-0.2, 0) is 0 Å². The van der Waals surface area contributed by atoms with E-state index in [2.05, 4.69) is 21.2 Å². The van der Waals surface area contributed by atoms with Gasteiger partial charge in [0, 0.05) is 16.6 Å². The molecular weight excluding hydrogens is 308 g/mol. The molecule has 1 aliphatic rings. The van der Waals surface area contributed by atoms with Gasteiger partial charge in [-0.2, -0.15) is 0 Å². The lowest BCUT2D eigenvalue weighted by molar-refractivity contribution is -0.384. The monoisotopic (exact) mass is 326 g/mol. The van der Waals surface area contributed by atoms with Gasteiger partial charge in [-0.25, -0.2) is 0 Å². The zero-order chi connectivity index (χ0) is 13.7. The summed E-state index contributed by atoms with van der Waals surface area (Å²) in [7, 11) is 0. The molecule has 0 saturated heterocycles. The Morgan fingerprint density at radius 3 is 2.42 bits per heavy atom. The number of anilines is 1. The maximum Gasteiger partial charge on any atom is 0.292 e. The topological polar surface area (TPSA) is 55.2 Å². The molecule has 0 aliphatic heterocycles. The van der Waals surface area contributed by atoms with Crippen LogP contribution in [0.4, 0.5) is 11.4 Å². The first kappa shape index (κ1) is 14.3. The zero-order valence-electron chi connectivity index (χ0n) is 10.9. The lowest BCUT2D eigenvalue weighted by atomic mass is 9.96. The Labute approximate surface area is 121 Å². The Hall–Kier alpha value is -1.10. The van der Waals surface area contributed by atoms with E-state index in [0.29, 0.717) is 11.7 Å². The highest BCUT2D eigenvalue weighted by molar-refractivity contribution is 9.10. The van der Waals surface area contributed by atoms with E-state index in [9.17, 15) is 10.1 Å². The van der Waals surface area contributed by atoms with E-state index in [1.54, 1.807) is 18.2 Å². The van der Waals surface area contributed by atoms with Gasteiger partial charge in [0.2, 0.25) is 0 Å². The van der Waals surface area contributed by atoms with Gasteiger partial charge >= 0.3 is 0 Å². The van der Waals surface area contributed by atoms with Crippen LogP contribution in [0.1, 0.15) is 44.9 Å². The van der Waals surface area contributed by atoms with E-state index >= 15 is 0 Å². The molecule has 1 aromatic rings. The van der Waals surface area contributed by atoms with Crippen molar-refractivity contribution in [1.29, 1.82) is 0 Å². The normalized spacial score (nSPS) is 17.5. The number of nitrogens with one attached hydrogen (secondary N) is 1. The van der Waals surface area contributed by atoms with Gasteiger partial charge in [-0.15, -0.1) is 0 Å². The number of benzene rings is 1. The Balaban J connectivity index is 2.11. The molecule has 0 heterocycles. The predicted octanol–water partition coefficient (Wildman–Crippen LogP) is 4.88. The molecule has 0 aromatic heterocycles. The van der Waals surface area contributed by atoms with E-state index in [-0.39, 0.29) is 10.6 Å². The highest BCUT2D eigenvalue weighted by atomic mass is 79.9. The van der Waals surface area contributed by atoms with Crippen molar-refractivity contribution in [2.45, 2.75) is 51.0 Å². The average Bonchev–Trinajstić information content (AvgIpc) is 2.32. The highest BCUT2D eigenvalue weighted by Gasteiger charge is 2.18. The Morgan fingerprint density at radius 1 is 1.16 bits per heavy atom. The van der Waals surface area contributed by atoms with Crippen molar-refractivity contribution in [3.05, 3.63) is 32.8 Å². The van der Waals surface area contributed by atoms with Gasteiger partial charge in [-0.3, -0.25) is 10.1 Å². The van der Waals surface area contributed by atoms with Gasteiger partial charge < -0.3 is 5.32 Å². The fourth-order valence-electron chi connectivity index (χ4n) is 2.60. The SMILES string of the molecule is O=[N+]([O-])c1ccc(Br)cc1NC1CCCCCCC1. The van der Waals surface area contributed by atoms with Crippen molar-refractivity contribution in [3.8, 4) is 0 Å². The van der Waals surface area contributed by atoms with Crippen molar-refractivity contribution in [3.63, 3.8) is 0 Å². The third kappa shape index (κ3) is 4.20. The summed E-state index contributed by atoms with van der Waals surface area (Å²) in [6.45, 7) is 0. The lowest BCUT2D eigenvalue weighted by Gasteiger charge is -2.22. The lowest BCUT2D eigenvalue weighted by Crippen LogP contribution is -2.21. The molecule has 104 valence electrons. The molecule has 19 heavy (non-hydrogen) atoms. The van der Waals surface area contributed by atoms with Crippen molar-refractivity contribution in [2.75, 3.05) is 5.32 Å². The van der Waals surface area contributed by atoms with E-state index in [1.165, 1.54) is 32.1 Å². The van der Waals surface area contributed by atoms with E-state index in [0.717, 1.165) is 17.3 Å². The van der Waals surface area contributed by atoms with Crippen LogP contribution in [0.25, 0.3) is 0 Å². The van der Waals surface area contributed by atoms with Gasteiger partial charge in [0.1, 0.15) is 5.69 Å². The second kappa shape index (κ2) is 6.89. The largest absolute Gasteiger partial charge is 0.377 e. The minimum atomic E-state index is -0.322. The van der Waals surface area contributed by atoms with E-state index in [4.69, 9.17) is 0 Å². The summed E-state index contributed by atoms with van der Waals surface area (Å²) in [5.41, 5.74) is 0.787. The van der Waals surface area contributed by atoms with Crippen LogP contribution in [0.15, 0.2) is 22.7 Å². The van der Waals surface area contributed by atoms with Crippen molar-refractivity contribution in [2.24, 2.45) is 0 Å². The second-order valence-corrected chi connectivity index (χ2v) is 6.02. The first-order chi connectivity index (χ1) is 9.16. The van der Waals surface area contributed by atoms with Gasteiger partial charge in [-0.1, -0.05) is 48.0 Å². The number of nitro benzene ring substituents is 1. The van der Waals surface area contributed by atoms with Crippen LogP contribution < -0.4 is 5.32 Å². The molecule has 1 aliphatic carbocycles.